The third-order valence-electron chi connectivity index (χ3n) is 4.49. The Balaban J connectivity index is 2.08. The number of aliphatic hydroxyl groups excluding tert-OH is 4. The lowest BCUT2D eigenvalue weighted by Crippen LogP contribution is -2.52. The van der Waals surface area contributed by atoms with Crippen molar-refractivity contribution in [3.05, 3.63) is 52.1 Å². The average Bonchev–Trinajstić information content (AvgIpc) is 2.60. The van der Waals surface area contributed by atoms with Gasteiger partial charge in [-0.05, 0) is 50.7 Å². The molecule has 5 atom stereocenters. The predicted octanol–water partition coefficient (Wildman–Crippen LogP) is 1.78. The van der Waals surface area contributed by atoms with Crippen molar-refractivity contribution in [2.45, 2.75) is 28.5 Å². The van der Waals surface area contributed by atoms with Crippen molar-refractivity contribution in [2.75, 3.05) is 12.4 Å². The number of rotatable bonds is 3. The van der Waals surface area contributed by atoms with Gasteiger partial charge in [-0.3, -0.25) is 0 Å². The first-order valence-corrected chi connectivity index (χ1v) is 10.5. The van der Waals surface area contributed by atoms with Crippen molar-refractivity contribution >= 4 is 33.5 Å². The van der Waals surface area contributed by atoms with Gasteiger partial charge in [-0.15, -0.1) is 0 Å². The molecule has 1 aliphatic rings. The quantitative estimate of drug-likeness (QED) is 0.358. The summed E-state index contributed by atoms with van der Waals surface area (Å²) >= 11 is 2.30. The summed E-state index contributed by atoms with van der Waals surface area (Å²) < 4.78 is 1.12. The van der Waals surface area contributed by atoms with Crippen LogP contribution in [0.5, 0.6) is 0 Å². The molecule has 24 heavy (non-hydrogen) atoms. The van der Waals surface area contributed by atoms with E-state index in [0.29, 0.717) is 5.75 Å². The lowest BCUT2D eigenvalue weighted by Gasteiger charge is -2.43. The van der Waals surface area contributed by atoms with Crippen LogP contribution in [0, 0.1) is 3.57 Å². The molecular weight excluding hydrogens is 439 g/mol. The molecule has 1 unspecified atom stereocenters. The zero-order valence-electron chi connectivity index (χ0n) is 13.0. The Morgan fingerprint density at radius 3 is 2.21 bits per heavy atom. The van der Waals surface area contributed by atoms with Crippen molar-refractivity contribution in [1.29, 1.82) is 0 Å². The standard InChI is InChI=1S/C18H21IO4S/c19-13-7-3-1-5-11(13)12-6-2-4-8-15(12)24-10-14(21)17(22)18(23)16(24)9-20/h1-8,14,16-18,20-24H,9-10H2/t14-,16+,17-,18+/m0/s1. The summed E-state index contributed by atoms with van der Waals surface area (Å²) in [5.41, 5.74) is 2.16. The van der Waals surface area contributed by atoms with E-state index in [0.717, 1.165) is 19.6 Å². The van der Waals surface area contributed by atoms with Gasteiger partial charge in [0.1, 0.15) is 6.10 Å². The highest BCUT2D eigenvalue weighted by molar-refractivity contribution is 14.1. The maximum Gasteiger partial charge on any atom is 0.108 e. The summed E-state index contributed by atoms with van der Waals surface area (Å²) in [4.78, 5) is 1.04. The van der Waals surface area contributed by atoms with Crippen LogP contribution in [0.15, 0.2) is 53.4 Å². The first-order valence-electron chi connectivity index (χ1n) is 7.80. The molecule has 0 amide bonds. The molecular formula is C18H21IO4S. The molecule has 3 rings (SSSR count). The van der Waals surface area contributed by atoms with Gasteiger partial charge in [0.25, 0.3) is 0 Å². The van der Waals surface area contributed by atoms with Gasteiger partial charge < -0.3 is 20.4 Å². The third kappa shape index (κ3) is 3.36. The van der Waals surface area contributed by atoms with E-state index in [9.17, 15) is 20.4 Å². The van der Waals surface area contributed by atoms with Crippen molar-refractivity contribution in [2.24, 2.45) is 0 Å². The summed E-state index contributed by atoms with van der Waals surface area (Å²) in [7, 11) is -1.01. The minimum Gasteiger partial charge on any atom is -0.395 e. The van der Waals surface area contributed by atoms with Crippen molar-refractivity contribution in [3.8, 4) is 11.1 Å². The largest absolute Gasteiger partial charge is 0.395 e. The monoisotopic (exact) mass is 460 g/mol. The summed E-state index contributed by atoms with van der Waals surface area (Å²) in [6, 6.07) is 16.0. The Hall–Kier alpha value is -0.640. The number of hydrogen-bond acceptors (Lipinski definition) is 4. The second-order valence-corrected chi connectivity index (χ2v) is 9.56. The first-order chi connectivity index (χ1) is 11.5. The number of thiol groups is 1. The lowest BCUT2D eigenvalue weighted by molar-refractivity contribution is -0.0602. The Labute approximate surface area is 157 Å². The highest BCUT2D eigenvalue weighted by Crippen LogP contribution is 2.50. The summed E-state index contributed by atoms with van der Waals surface area (Å²) in [6.07, 6.45) is -3.30. The number of benzene rings is 2. The van der Waals surface area contributed by atoms with Gasteiger partial charge in [0.2, 0.25) is 0 Å². The van der Waals surface area contributed by atoms with Crippen LogP contribution >= 0.6 is 33.5 Å². The van der Waals surface area contributed by atoms with E-state index >= 15 is 0 Å². The smallest absolute Gasteiger partial charge is 0.108 e. The zero-order chi connectivity index (χ0) is 17.3. The molecule has 1 aliphatic heterocycles. The molecule has 4 N–H and O–H groups in total. The molecule has 1 heterocycles. The molecule has 0 aliphatic carbocycles. The second kappa shape index (κ2) is 7.72. The third-order valence-corrected chi connectivity index (χ3v) is 8.47. The van der Waals surface area contributed by atoms with Gasteiger partial charge >= 0.3 is 0 Å². The fourth-order valence-corrected chi connectivity index (χ4v) is 6.85. The van der Waals surface area contributed by atoms with Crippen LogP contribution in [0.25, 0.3) is 11.1 Å². The maximum atomic E-state index is 10.3. The number of hydrogen-bond donors (Lipinski definition) is 5. The highest BCUT2D eigenvalue weighted by Gasteiger charge is 2.41. The molecule has 0 bridgehead atoms. The van der Waals surface area contributed by atoms with Crippen LogP contribution in [-0.2, 0) is 0 Å². The number of aliphatic hydroxyl groups is 4. The Morgan fingerprint density at radius 1 is 0.917 bits per heavy atom. The minimum absolute atomic E-state index is 0.211. The molecule has 130 valence electrons. The molecule has 2 aromatic rings. The molecule has 0 aromatic heterocycles. The average molecular weight is 460 g/mol. The van der Waals surface area contributed by atoms with Crippen molar-refractivity contribution in [3.63, 3.8) is 0 Å². The summed E-state index contributed by atoms with van der Waals surface area (Å²) in [5.74, 6) is 0.374. The van der Waals surface area contributed by atoms with Crippen molar-refractivity contribution in [1.82, 2.24) is 0 Å². The van der Waals surface area contributed by atoms with E-state index in [1.807, 2.05) is 42.5 Å². The fraction of sp³-hybridized carbons (Fsp3) is 0.333. The van der Waals surface area contributed by atoms with Gasteiger partial charge in [0, 0.05) is 14.6 Å². The Bertz CT molecular complexity index is 711. The van der Waals surface area contributed by atoms with E-state index in [4.69, 9.17) is 0 Å². The molecule has 0 radical (unpaired) electrons. The van der Waals surface area contributed by atoms with Crippen molar-refractivity contribution < 1.29 is 20.4 Å². The SMILES string of the molecule is OC[C@@H]1[C@@H](O)[C@@H](O)[C@@H](O)C[SH]1c1ccccc1-c1ccccc1I. The Morgan fingerprint density at radius 2 is 1.54 bits per heavy atom. The minimum atomic E-state index is -1.20. The summed E-state index contributed by atoms with van der Waals surface area (Å²) in [5, 5.41) is 39.7. The van der Waals surface area contributed by atoms with Gasteiger partial charge in [-0.1, -0.05) is 36.4 Å². The molecule has 1 fully saturated rings. The van der Waals surface area contributed by atoms with Crippen LogP contribution in [0.4, 0.5) is 0 Å². The van der Waals surface area contributed by atoms with Crippen LogP contribution in [0.2, 0.25) is 0 Å². The van der Waals surface area contributed by atoms with E-state index in [-0.39, 0.29) is 6.61 Å². The molecule has 2 aromatic carbocycles. The van der Waals surface area contributed by atoms with E-state index < -0.39 is 34.5 Å². The van der Waals surface area contributed by atoms with Crippen LogP contribution in [0.3, 0.4) is 0 Å². The maximum absolute atomic E-state index is 10.3. The van der Waals surface area contributed by atoms with Gasteiger partial charge in [-0.2, -0.15) is 0 Å². The molecule has 0 saturated carbocycles. The molecule has 0 spiro atoms. The van der Waals surface area contributed by atoms with Gasteiger partial charge in [-0.25, -0.2) is 10.9 Å². The van der Waals surface area contributed by atoms with E-state index in [1.54, 1.807) is 0 Å². The fourth-order valence-electron chi connectivity index (χ4n) is 3.20. The second-order valence-electron chi connectivity index (χ2n) is 5.95. The van der Waals surface area contributed by atoms with Crippen LogP contribution in [0.1, 0.15) is 0 Å². The summed E-state index contributed by atoms with van der Waals surface area (Å²) in [6.45, 7) is -0.211. The van der Waals surface area contributed by atoms with E-state index in [2.05, 4.69) is 28.7 Å². The van der Waals surface area contributed by atoms with Gasteiger partial charge in [0.15, 0.2) is 0 Å². The Kier molecular flexibility index (Phi) is 5.84. The first kappa shape index (κ1) is 18.2. The topological polar surface area (TPSA) is 80.9 Å². The molecule has 1 saturated heterocycles. The van der Waals surface area contributed by atoms with E-state index in [1.165, 1.54) is 0 Å². The molecule has 6 heteroatoms. The van der Waals surface area contributed by atoms with Gasteiger partial charge in [0.05, 0.1) is 18.8 Å². The number of halogens is 1. The lowest BCUT2D eigenvalue weighted by atomic mass is 10.1. The predicted molar refractivity (Wildman–Crippen MR) is 106 cm³/mol. The molecule has 4 nitrogen and oxygen atoms in total. The normalized spacial score (nSPS) is 31.8. The van der Waals surface area contributed by atoms with Crippen LogP contribution in [-0.4, -0.2) is 56.3 Å². The highest BCUT2D eigenvalue weighted by atomic mass is 127. The van der Waals surface area contributed by atoms with Crippen LogP contribution < -0.4 is 0 Å². The zero-order valence-corrected chi connectivity index (χ0v) is 16.0.